The van der Waals surface area contributed by atoms with Gasteiger partial charge in [-0.05, 0) is 30.5 Å². The summed E-state index contributed by atoms with van der Waals surface area (Å²) < 4.78 is 0. The SMILES string of the molecule is N=C(N)CCCN1CCc2ccccc2C1. The molecule has 0 aromatic heterocycles. The molecule has 1 aliphatic rings. The van der Waals surface area contributed by atoms with Crippen LogP contribution in [0, 0.1) is 5.41 Å². The summed E-state index contributed by atoms with van der Waals surface area (Å²) in [6.07, 6.45) is 2.87. The van der Waals surface area contributed by atoms with E-state index in [2.05, 4.69) is 29.2 Å². The maximum absolute atomic E-state index is 7.19. The summed E-state index contributed by atoms with van der Waals surface area (Å²) in [6, 6.07) is 8.66. The Kier molecular flexibility index (Phi) is 3.57. The van der Waals surface area contributed by atoms with Crippen LogP contribution in [-0.4, -0.2) is 23.8 Å². The van der Waals surface area contributed by atoms with Gasteiger partial charge in [-0.15, -0.1) is 0 Å². The second kappa shape index (κ2) is 5.12. The molecule has 0 saturated heterocycles. The Hall–Kier alpha value is -1.35. The summed E-state index contributed by atoms with van der Waals surface area (Å²) >= 11 is 0. The van der Waals surface area contributed by atoms with Crippen molar-refractivity contribution in [3.05, 3.63) is 35.4 Å². The molecule has 0 radical (unpaired) electrons. The molecule has 0 aliphatic carbocycles. The van der Waals surface area contributed by atoms with E-state index in [-0.39, 0.29) is 0 Å². The number of nitrogens with zero attached hydrogens (tertiary/aromatic N) is 1. The highest BCUT2D eigenvalue weighted by molar-refractivity contribution is 5.76. The highest BCUT2D eigenvalue weighted by Gasteiger charge is 2.14. The van der Waals surface area contributed by atoms with Gasteiger partial charge in [-0.1, -0.05) is 24.3 Å². The van der Waals surface area contributed by atoms with E-state index in [0.29, 0.717) is 5.84 Å². The number of amidine groups is 1. The molecule has 3 nitrogen and oxygen atoms in total. The number of rotatable bonds is 4. The average Bonchev–Trinajstić information content (AvgIpc) is 2.28. The molecule has 2 rings (SSSR count). The first-order valence-corrected chi connectivity index (χ1v) is 5.88. The highest BCUT2D eigenvalue weighted by Crippen LogP contribution is 2.18. The van der Waals surface area contributed by atoms with Gasteiger partial charge in [-0.25, -0.2) is 0 Å². The fourth-order valence-electron chi connectivity index (χ4n) is 2.24. The van der Waals surface area contributed by atoms with Crippen LogP contribution in [0.25, 0.3) is 0 Å². The van der Waals surface area contributed by atoms with Crippen molar-refractivity contribution in [1.82, 2.24) is 4.90 Å². The summed E-state index contributed by atoms with van der Waals surface area (Å²) in [4.78, 5) is 2.45. The molecule has 3 heteroatoms. The number of nitrogens with one attached hydrogen (secondary N) is 1. The van der Waals surface area contributed by atoms with Gasteiger partial charge in [0, 0.05) is 19.5 Å². The number of hydrogen-bond donors (Lipinski definition) is 2. The third-order valence-electron chi connectivity index (χ3n) is 3.13. The number of nitrogens with two attached hydrogens (primary N) is 1. The molecule has 1 aromatic carbocycles. The van der Waals surface area contributed by atoms with Crippen molar-refractivity contribution in [2.45, 2.75) is 25.8 Å². The van der Waals surface area contributed by atoms with E-state index in [0.717, 1.165) is 38.9 Å². The molecule has 0 saturated carbocycles. The van der Waals surface area contributed by atoms with E-state index in [1.807, 2.05) is 0 Å². The van der Waals surface area contributed by atoms with E-state index in [1.165, 1.54) is 11.1 Å². The van der Waals surface area contributed by atoms with Crippen molar-refractivity contribution in [3.8, 4) is 0 Å². The van der Waals surface area contributed by atoms with Gasteiger partial charge < -0.3 is 5.73 Å². The maximum atomic E-state index is 7.19. The van der Waals surface area contributed by atoms with Crippen LogP contribution >= 0.6 is 0 Å². The third-order valence-corrected chi connectivity index (χ3v) is 3.13. The smallest absolute Gasteiger partial charge is 0.0905 e. The van der Waals surface area contributed by atoms with Crippen LogP contribution in [0.15, 0.2) is 24.3 Å². The predicted octanol–water partition coefficient (Wildman–Crippen LogP) is 1.76. The number of benzene rings is 1. The molecule has 1 aliphatic heterocycles. The first-order valence-electron chi connectivity index (χ1n) is 5.88. The molecule has 1 aromatic rings. The van der Waals surface area contributed by atoms with E-state index < -0.39 is 0 Å². The Labute approximate surface area is 96.8 Å². The van der Waals surface area contributed by atoms with Crippen LogP contribution in [0.1, 0.15) is 24.0 Å². The highest BCUT2D eigenvalue weighted by atomic mass is 15.1. The molecule has 1 heterocycles. The molecule has 0 atom stereocenters. The summed E-state index contributed by atoms with van der Waals surface area (Å²) in [6.45, 7) is 3.23. The molecule has 3 N–H and O–H groups in total. The zero-order valence-electron chi connectivity index (χ0n) is 9.58. The number of hydrogen-bond acceptors (Lipinski definition) is 2. The van der Waals surface area contributed by atoms with Gasteiger partial charge in [0.15, 0.2) is 0 Å². The normalized spacial score (nSPS) is 15.8. The van der Waals surface area contributed by atoms with Crippen LogP contribution in [0.3, 0.4) is 0 Å². The second-order valence-electron chi connectivity index (χ2n) is 4.42. The van der Waals surface area contributed by atoms with Crippen molar-refractivity contribution in [2.24, 2.45) is 5.73 Å². The minimum absolute atomic E-state index is 0.303. The Morgan fingerprint density at radius 1 is 1.31 bits per heavy atom. The Balaban J connectivity index is 1.86. The van der Waals surface area contributed by atoms with Crippen molar-refractivity contribution in [2.75, 3.05) is 13.1 Å². The van der Waals surface area contributed by atoms with Crippen molar-refractivity contribution in [1.29, 1.82) is 5.41 Å². The topological polar surface area (TPSA) is 53.1 Å². The molecule has 0 amide bonds. The molecule has 0 spiro atoms. The fraction of sp³-hybridized carbons (Fsp3) is 0.462. The van der Waals surface area contributed by atoms with E-state index in [4.69, 9.17) is 11.1 Å². The molecule has 16 heavy (non-hydrogen) atoms. The average molecular weight is 217 g/mol. The lowest BCUT2D eigenvalue weighted by Gasteiger charge is -2.28. The van der Waals surface area contributed by atoms with Gasteiger partial charge in [-0.3, -0.25) is 10.3 Å². The first-order chi connectivity index (χ1) is 7.75. The quantitative estimate of drug-likeness (QED) is 0.596. The third kappa shape index (κ3) is 2.83. The summed E-state index contributed by atoms with van der Waals surface area (Å²) in [5.41, 5.74) is 8.30. The monoisotopic (exact) mass is 217 g/mol. The standard InChI is InChI=1S/C13H19N3/c14-13(15)6-3-8-16-9-7-11-4-1-2-5-12(11)10-16/h1-2,4-5H,3,6-10H2,(H3,14,15). The van der Waals surface area contributed by atoms with Crippen LogP contribution in [-0.2, 0) is 13.0 Å². The molecule has 0 bridgehead atoms. The Morgan fingerprint density at radius 3 is 2.81 bits per heavy atom. The molecule has 0 unspecified atom stereocenters. The van der Waals surface area contributed by atoms with Crippen molar-refractivity contribution < 1.29 is 0 Å². The molecular weight excluding hydrogens is 198 g/mol. The van der Waals surface area contributed by atoms with Gasteiger partial charge in [0.25, 0.3) is 0 Å². The summed E-state index contributed by atoms with van der Waals surface area (Å²) in [7, 11) is 0. The maximum Gasteiger partial charge on any atom is 0.0905 e. The first kappa shape index (κ1) is 11.1. The van der Waals surface area contributed by atoms with E-state index in [9.17, 15) is 0 Å². The summed E-state index contributed by atoms with van der Waals surface area (Å²) in [5.74, 6) is 0.303. The molecule has 0 fully saturated rings. The van der Waals surface area contributed by atoms with Gasteiger partial charge in [0.05, 0.1) is 5.84 Å². The number of fused-ring (bicyclic) bond motifs is 1. The Bertz CT molecular complexity index is 373. The van der Waals surface area contributed by atoms with Crippen molar-refractivity contribution >= 4 is 5.84 Å². The van der Waals surface area contributed by atoms with Gasteiger partial charge in [0.2, 0.25) is 0 Å². The minimum Gasteiger partial charge on any atom is -0.388 e. The lowest BCUT2D eigenvalue weighted by Crippen LogP contribution is -2.31. The zero-order chi connectivity index (χ0) is 11.4. The lowest BCUT2D eigenvalue weighted by atomic mass is 10.00. The lowest BCUT2D eigenvalue weighted by molar-refractivity contribution is 0.252. The predicted molar refractivity (Wildman–Crippen MR) is 66.6 cm³/mol. The largest absolute Gasteiger partial charge is 0.388 e. The Morgan fingerprint density at radius 2 is 2.06 bits per heavy atom. The van der Waals surface area contributed by atoms with Crippen LogP contribution in [0.5, 0.6) is 0 Å². The molecular formula is C13H19N3. The minimum atomic E-state index is 0.303. The van der Waals surface area contributed by atoms with Gasteiger partial charge >= 0.3 is 0 Å². The van der Waals surface area contributed by atoms with Crippen LogP contribution in [0.2, 0.25) is 0 Å². The van der Waals surface area contributed by atoms with Crippen LogP contribution in [0.4, 0.5) is 0 Å². The fourth-order valence-corrected chi connectivity index (χ4v) is 2.24. The van der Waals surface area contributed by atoms with E-state index >= 15 is 0 Å². The van der Waals surface area contributed by atoms with Gasteiger partial charge in [0.1, 0.15) is 0 Å². The second-order valence-corrected chi connectivity index (χ2v) is 4.42. The van der Waals surface area contributed by atoms with Gasteiger partial charge in [-0.2, -0.15) is 0 Å². The summed E-state index contributed by atoms with van der Waals surface area (Å²) in [5, 5.41) is 7.19. The molecule has 86 valence electrons. The van der Waals surface area contributed by atoms with Crippen LogP contribution < -0.4 is 5.73 Å². The van der Waals surface area contributed by atoms with E-state index in [1.54, 1.807) is 0 Å². The van der Waals surface area contributed by atoms with Crippen molar-refractivity contribution in [3.63, 3.8) is 0 Å². The zero-order valence-corrected chi connectivity index (χ0v) is 9.58.